The van der Waals surface area contributed by atoms with Crippen molar-refractivity contribution in [3.63, 3.8) is 0 Å². The Morgan fingerprint density at radius 2 is 1.91 bits per heavy atom. The lowest BCUT2D eigenvalue weighted by Gasteiger charge is -2.06. The van der Waals surface area contributed by atoms with Crippen LogP contribution in [0.15, 0.2) is 48.5 Å². The average Bonchev–Trinajstić information content (AvgIpc) is 2.97. The van der Waals surface area contributed by atoms with Crippen LogP contribution in [0, 0.1) is 0 Å². The van der Waals surface area contributed by atoms with Gasteiger partial charge >= 0.3 is 6.03 Å². The van der Waals surface area contributed by atoms with E-state index in [0.717, 1.165) is 20.8 Å². The fraction of sp³-hybridized carbons (Fsp3) is 0.125. The van der Waals surface area contributed by atoms with Crippen LogP contribution in [0.1, 0.15) is 0 Å². The molecule has 3 aromatic rings. The summed E-state index contributed by atoms with van der Waals surface area (Å²) in [7, 11) is 0. The highest BCUT2D eigenvalue weighted by Gasteiger charge is 2.06. The van der Waals surface area contributed by atoms with Gasteiger partial charge in [0.05, 0.1) is 16.8 Å². The second-order valence-corrected chi connectivity index (χ2v) is 5.70. The van der Waals surface area contributed by atoms with Gasteiger partial charge in [-0.15, -0.1) is 11.3 Å². The number of hydrogen-bond acceptors (Lipinski definition) is 4. The van der Waals surface area contributed by atoms with Crippen molar-refractivity contribution in [3.05, 3.63) is 48.5 Å². The predicted octanol–water partition coefficient (Wildman–Crippen LogP) is 3.08. The van der Waals surface area contributed by atoms with Crippen LogP contribution in [0.5, 0.6) is 0 Å². The maximum absolute atomic E-state index is 11.5. The van der Waals surface area contributed by atoms with Gasteiger partial charge in [0.25, 0.3) is 0 Å². The summed E-state index contributed by atoms with van der Waals surface area (Å²) in [5, 5.41) is 14.8. The van der Waals surface area contributed by atoms with Crippen LogP contribution < -0.4 is 10.6 Å². The number of hydrogen-bond donors (Lipinski definition) is 3. The molecule has 0 fully saturated rings. The fourth-order valence-electron chi connectivity index (χ4n) is 2.04. The number of nitrogens with one attached hydrogen (secondary N) is 2. The van der Waals surface area contributed by atoms with E-state index in [1.807, 2.05) is 42.5 Å². The Bertz CT molecular complexity index is 750. The van der Waals surface area contributed by atoms with Gasteiger partial charge < -0.3 is 15.7 Å². The number of aromatic nitrogens is 1. The Labute approximate surface area is 131 Å². The molecule has 1 aromatic heterocycles. The number of nitrogens with zero attached hydrogens (tertiary/aromatic N) is 1. The zero-order valence-electron chi connectivity index (χ0n) is 11.7. The number of benzene rings is 2. The molecule has 3 rings (SSSR count). The summed E-state index contributed by atoms with van der Waals surface area (Å²) in [6.45, 7) is 0.152. The first kappa shape index (κ1) is 14.5. The van der Waals surface area contributed by atoms with Crippen LogP contribution in [0.25, 0.3) is 20.8 Å². The number of anilines is 1. The summed E-state index contributed by atoms with van der Waals surface area (Å²) >= 11 is 1.64. The van der Waals surface area contributed by atoms with E-state index in [9.17, 15) is 4.79 Å². The fourth-order valence-corrected chi connectivity index (χ4v) is 3.01. The first-order valence-corrected chi connectivity index (χ1v) is 7.69. The highest BCUT2D eigenvalue weighted by atomic mass is 32.1. The van der Waals surface area contributed by atoms with Gasteiger partial charge in [0.15, 0.2) is 0 Å². The van der Waals surface area contributed by atoms with Crippen molar-refractivity contribution in [2.75, 3.05) is 18.5 Å². The number of carbonyl (C=O) groups is 1. The smallest absolute Gasteiger partial charge is 0.319 e. The molecule has 5 nitrogen and oxygen atoms in total. The summed E-state index contributed by atoms with van der Waals surface area (Å²) in [6, 6.07) is 15.2. The van der Waals surface area contributed by atoms with Gasteiger partial charge in [0.1, 0.15) is 5.01 Å². The molecule has 2 aromatic carbocycles. The molecular formula is C16H15N3O2S. The van der Waals surface area contributed by atoms with Crippen molar-refractivity contribution in [1.29, 1.82) is 0 Å². The number of para-hydroxylation sites is 1. The molecule has 0 unspecified atom stereocenters. The van der Waals surface area contributed by atoms with E-state index in [4.69, 9.17) is 5.11 Å². The number of fused-ring (bicyclic) bond motifs is 1. The lowest BCUT2D eigenvalue weighted by atomic mass is 10.2. The van der Waals surface area contributed by atoms with Crippen molar-refractivity contribution in [1.82, 2.24) is 10.3 Å². The summed E-state index contributed by atoms with van der Waals surface area (Å²) < 4.78 is 1.16. The van der Waals surface area contributed by atoms with Gasteiger partial charge in [-0.1, -0.05) is 12.1 Å². The number of urea groups is 1. The van der Waals surface area contributed by atoms with Crippen LogP contribution in [0.3, 0.4) is 0 Å². The van der Waals surface area contributed by atoms with Crippen LogP contribution >= 0.6 is 11.3 Å². The zero-order chi connectivity index (χ0) is 15.4. The number of amides is 2. The Balaban J connectivity index is 1.74. The molecule has 22 heavy (non-hydrogen) atoms. The van der Waals surface area contributed by atoms with Gasteiger partial charge in [-0.05, 0) is 36.4 Å². The van der Waals surface area contributed by atoms with Crippen molar-refractivity contribution in [3.8, 4) is 10.6 Å². The second-order valence-electron chi connectivity index (χ2n) is 4.67. The van der Waals surface area contributed by atoms with Gasteiger partial charge in [-0.2, -0.15) is 0 Å². The van der Waals surface area contributed by atoms with Gasteiger partial charge in [0, 0.05) is 17.8 Å². The molecule has 0 bridgehead atoms. The number of carbonyl (C=O) groups excluding carboxylic acids is 1. The maximum atomic E-state index is 11.5. The number of aliphatic hydroxyl groups is 1. The van der Waals surface area contributed by atoms with Gasteiger partial charge in [-0.25, -0.2) is 9.78 Å². The minimum absolute atomic E-state index is 0.0794. The van der Waals surface area contributed by atoms with Crippen LogP contribution in [0.4, 0.5) is 10.5 Å². The quantitative estimate of drug-likeness (QED) is 0.693. The van der Waals surface area contributed by atoms with Crippen LogP contribution in [-0.2, 0) is 0 Å². The van der Waals surface area contributed by atoms with E-state index in [-0.39, 0.29) is 19.2 Å². The Kier molecular flexibility index (Phi) is 4.32. The van der Waals surface area contributed by atoms with Crippen molar-refractivity contribution in [2.45, 2.75) is 0 Å². The Hall–Kier alpha value is -2.44. The third kappa shape index (κ3) is 3.24. The predicted molar refractivity (Wildman–Crippen MR) is 89.2 cm³/mol. The number of aliphatic hydroxyl groups excluding tert-OH is 1. The molecule has 3 N–H and O–H groups in total. The third-order valence-corrected chi connectivity index (χ3v) is 4.17. The lowest BCUT2D eigenvalue weighted by molar-refractivity contribution is 0.245. The number of rotatable bonds is 4. The van der Waals surface area contributed by atoms with Crippen LogP contribution in [-0.4, -0.2) is 29.3 Å². The van der Waals surface area contributed by atoms with E-state index in [2.05, 4.69) is 21.7 Å². The van der Waals surface area contributed by atoms with Gasteiger partial charge in [-0.3, -0.25) is 0 Å². The molecule has 2 amide bonds. The van der Waals surface area contributed by atoms with Gasteiger partial charge in [0.2, 0.25) is 0 Å². The summed E-state index contributed by atoms with van der Waals surface area (Å²) in [5.74, 6) is 0. The molecule has 0 saturated heterocycles. The topological polar surface area (TPSA) is 74.2 Å². The maximum Gasteiger partial charge on any atom is 0.319 e. The lowest BCUT2D eigenvalue weighted by Crippen LogP contribution is -2.30. The van der Waals surface area contributed by atoms with E-state index in [1.54, 1.807) is 11.3 Å². The first-order chi connectivity index (χ1) is 10.8. The standard InChI is InChI=1S/C16H15N3O2S/c20-10-9-17-16(21)18-12-7-5-11(6-8-12)15-19-13-3-1-2-4-14(13)22-15/h1-8,20H,9-10H2,(H2,17,18,21). The molecule has 0 spiro atoms. The normalized spacial score (nSPS) is 10.6. The first-order valence-electron chi connectivity index (χ1n) is 6.88. The Morgan fingerprint density at radius 1 is 1.14 bits per heavy atom. The Morgan fingerprint density at radius 3 is 2.64 bits per heavy atom. The molecule has 0 atom stereocenters. The van der Waals surface area contributed by atoms with E-state index >= 15 is 0 Å². The molecule has 0 aliphatic rings. The van der Waals surface area contributed by atoms with E-state index < -0.39 is 0 Å². The monoisotopic (exact) mass is 313 g/mol. The van der Waals surface area contributed by atoms with Crippen molar-refractivity contribution in [2.24, 2.45) is 0 Å². The minimum Gasteiger partial charge on any atom is -0.395 e. The summed E-state index contributed by atoms with van der Waals surface area (Å²) in [5.41, 5.74) is 2.70. The second kappa shape index (κ2) is 6.55. The minimum atomic E-state index is -0.332. The highest BCUT2D eigenvalue weighted by Crippen LogP contribution is 2.30. The molecule has 0 radical (unpaired) electrons. The molecule has 0 aliphatic heterocycles. The third-order valence-electron chi connectivity index (χ3n) is 3.08. The largest absolute Gasteiger partial charge is 0.395 e. The SMILES string of the molecule is O=C(NCCO)Nc1ccc(-c2nc3ccccc3s2)cc1. The molecule has 112 valence electrons. The van der Waals surface area contributed by atoms with E-state index in [0.29, 0.717) is 5.69 Å². The summed E-state index contributed by atoms with van der Waals surface area (Å²) in [6.07, 6.45) is 0. The average molecular weight is 313 g/mol. The van der Waals surface area contributed by atoms with Crippen molar-refractivity contribution < 1.29 is 9.90 Å². The molecule has 0 aliphatic carbocycles. The molecule has 0 saturated carbocycles. The molecular weight excluding hydrogens is 298 g/mol. The number of thiazole rings is 1. The van der Waals surface area contributed by atoms with E-state index in [1.165, 1.54) is 0 Å². The van der Waals surface area contributed by atoms with Crippen LogP contribution in [0.2, 0.25) is 0 Å². The zero-order valence-corrected chi connectivity index (χ0v) is 12.6. The molecule has 1 heterocycles. The molecule has 6 heteroatoms. The highest BCUT2D eigenvalue weighted by molar-refractivity contribution is 7.21. The summed E-state index contributed by atoms with van der Waals surface area (Å²) in [4.78, 5) is 16.1. The van der Waals surface area contributed by atoms with Crippen molar-refractivity contribution >= 4 is 33.3 Å².